The summed E-state index contributed by atoms with van der Waals surface area (Å²) in [5, 5.41) is 0.228. The Balaban J connectivity index is 2.60. The Kier molecular flexibility index (Phi) is 3.19. The Hall–Kier alpha value is -1.03. The fourth-order valence-electron chi connectivity index (χ4n) is 2.42. The third-order valence-electron chi connectivity index (χ3n) is 3.25. The first-order valence-corrected chi connectivity index (χ1v) is 6.05. The minimum atomic E-state index is -0.417. The number of halogens is 1. The molecule has 1 aromatic rings. The molecule has 1 fully saturated rings. The molecule has 0 unspecified atom stereocenters. The van der Waals surface area contributed by atoms with Gasteiger partial charge in [0.2, 0.25) is 0 Å². The van der Waals surface area contributed by atoms with Gasteiger partial charge < -0.3 is 0 Å². The van der Waals surface area contributed by atoms with E-state index in [-0.39, 0.29) is 16.6 Å². The highest BCUT2D eigenvalue weighted by Crippen LogP contribution is 2.34. The van der Waals surface area contributed by atoms with Gasteiger partial charge in [-0.3, -0.25) is 14.3 Å². The number of hydrogen-bond acceptors (Lipinski definition) is 2. The van der Waals surface area contributed by atoms with Gasteiger partial charge in [-0.05, 0) is 25.7 Å². The molecule has 0 radical (unpaired) electrons. The number of rotatable bonds is 2. The van der Waals surface area contributed by atoms with Crippen molar-refractivity contribution in [1.29, 1.82) is 0 Å². The van der Waals surface area contributed by atoms with Crippen LogP contribution in [-0.2, 0) is 6.54 Å². The third-order valence-corrected chi connectivity index (χ3v) is 3.55. The summed E-state index contributed by atoms with van der Waals surface area (Å²) >= 11 is 5.97. The first kappa shape index (κ1) is 11.5. The molecule has 0 atom stereocenters. The van der Waals surface area contributed by atoms with Gasteiger partial charge in [0.05, 0.1) is 5.56 Å². The summed E-state index contributed by atoms with van der Waals surface area (Å²) in [5.74, 6) is 0.217. The lowest BCUT2D eigenvalue weighted by Crippen LogP contribution is -2.37. The molecule has 1 aromatic heterocycles. The Bertz CT molecular complexity index is 498. The third kappa shape index (κ3) is 1.82. The Morgan fingerprint density at radius 2 is 2.00 bits per heavy atom. The largest absolute Gasteiger partial charge is 0.329 e. The van der Waals surface area contributed by atoms with Crippen molar-refractivity contribution in [1.82, 2.24) is 9.55 Å². The molecule has 1 aliphatic carbocycles. The molecule has 1 N–H and O–H groups in total. The molecule has 16 heavy (non-hydrogen) atoms. The van der Waals surface area contributed by atoms with Gasteiger partial charge in [0, 0.05) is 6.54 Å². The first-order valence-electron chi connectivity index (χ1n) is 5.67. The van der Waals surface area contributed by atoms with Gasteiger partial charge in [-0.25, -0.2) is 4.79 Å². The van der Waals surface area contributed by atoms with E-state index in [9.17, 15) is 9.59 Å². The van der Waals surface area contributed by atoms with Crippen LogP contribution >= 0.6 is 11.6 Å². The van der Waals surface area contributed by atoms with Crippen LogP contribution in [0.4, 0.5) is 0 Å². The SMILES string of the molecule is CCn1c(=O)[nH]c(Cl)c(C2CCCC2)c1=O. The quantitative estimate of drug-likeness (QED) is 0.805. The van der Waals surface area contributed by atoms with E-state index in [0.29, 0.717) is 12.1 Å². The number of H-pyrrole nitrogens is 1. The maximum Gasteiger partial charge on any atom is 0.329 e. The second-order valence-corrected chi connectivity index (χ2v) is 4.57. The lowest BCUT2D eigenvalue weighted by Gasteiger charge is -2.12. The number of aromatic nitrogens is 2. The summed E-state index contributed by atoms with van der Waals surface area (Å²) < 4.78 is 1.21. The monoisotopic (exact) mass is 242 g/mol. The molecule has 1 heterocycles. The molecular weight excluding hydrogens is 228 g/mol. The Labute approximate surface area is 98.3 Å². The van der Waals surface area contributed by atoms with Gasteiger partial charge in [-0.1, -0.05) is 24.4 Å². The second-order valence-electron chi connectivity index (χ2n) is 4.19. The van der Waals surface area contributed by atoms with Crippen molar-refractivity contribution >= 4 is 11.6 Å². The van der Waals surface area contributed by atoms with Crippen molar-refractivity contribution in [3.8, 4) is 0 Å². The molecule has 1 aliphatic rings. The van der Waals surface area contributed by atoms with Gasteiger partial charge in [0.15, 0.2) is 0 Å². The van der Waals surface area contributed by atoms with Crippen molar-refractivity contribution in [2.75, 3.05) is 0 Å². The zero-order valence-corrected chi connectivity index (χ0v) is 10.0. The highest BCUT2D eigenvalue weighted by Gasteiger charge is 2.24. The first-order chi connectivity index (χ1) is 7.65. The van der Waals surface area contributed by atoms with Crippen LogP contribution in [0.2, 0.25) is 5.15 Å². The topological polar surface area (TPSA) is 54.9 Å². The molecule has 0 amide bonds. The fraction of sp³-hybridized carbons (Fsp3) is 0.636. The van der Waals surface area contributed by atoms with E-state index >= 15 is 0 Å². The van der Waals surface area contributed by atoms with Gasteiger partial charge in [0.1, 0.15) is 5.15 Å². The molecule has 0 aromatic carbocycles. The molecular formula is C11H15ClN2O2. The fourth-order valence-corrected chi connectivity index (χ4v) is 2.73. The summed E-state index contributed by atoms with van der Waals surface area (Å²) in [6, 6.07) is 0. The number of nitrogens with one attached hydrogen (secondary N) is 1. The molecule has 0 aliphatic heterocycles. The maximum atomic E-state index is 12.1. The summed E-state index contributed by atoms with van der Waals surface area (Å²) in [5.41, 5.74) is -0.0389. The summed E-state index contributed by atoms with van der Waals surface area (Å²) in [6.45, 7) is 2.16. The van der Waals surface area contributed by atoms with E-state index in [1.54, 1.807) is 6.92 Å². The second kappa shape index (κ2) is 4.45. The Morgan fingerprint density at radius 3 is 2.56 bits per heavy atom. The van der Waals surface area contributed by atoms with Crippen molar-refractivity contribution in [3.63, 3.8) is 0 Å². The highest BCUT2D eigenvalue weighted by molar-refractivity contribution is 6.30. The van der Waals surface area contributed by atoms with E-state index in [1.807, 2.05) is 0 Å². The van der Waals surface area contributed by atoms with E-state index < -0.39 is 5.69 Å². The van der Waals surface area contributed by atoms with Crippen LogP contribution < -0.4 is 11.2 Å². The average Bonchev–Trinajstić information content (AvgIpc) is 2.70. The smallest absolute Gasteiger partial charge is 0.297 e. The predicted octanol–water partition coefficient (Wildman–Crippen LogP) is 1.87. The zero-order chi connectivity index (χ0) is 11.7. The van der Waals surface area contributed by atoms with Crippen LogP contribution in [-0.4, -0.2) is 9.55 Å². The van der Waals surface area contributed by atoms with Crippen LogP contribution in [0, 0.1) is 0 Å². The van der Waals surface area contributed by atoms with E-state index in [0.717, 1.165) is 25.7 Å². The van der Waals surface area contributed by atoms with E-state index in [2.05, 4.69) is 4.98 Å². The number of aromatic amines is 1. The summed E-state index contributed by atoms with van der Waals surface area (Å²) in [6.07, 6.45) is 4.24. The van der Waals surface area contributed by atoms with Crippen molar-refractivity contribution in [3.05, 3.63) is 31.6 Å². The van der Waals surface area contributed by atoms with Crippen molar-refractivity contribution in [2.45, 2.75) is 45.1 Å². The molecule has 0 saturated heterocycles. The van der Waals surface area contributed by atoms with E-state index in [4.69, 9.17) is 11.6 Å². The summed E-state index contributed by atoms with van der Waals surface area (Å²) in [7, 11) is 0. The molecule has 2 rings (SSSR count). The molecule has 88 valence electrons. The molecule has 4 nitrogen and oxygen atoms in total. The van der Waals surface area contributed by atoms with Gasteiger partial charge in [-0.15, -0.1) is 0 Å². The zero-order valence-electron chi connectivity index (χ0n) is 9.25. The van der Waals surface area contributed by atoms with E-state index in [1.165, 1.54) is 4.57 Å². The van der Waals surface area contributed by atoms with Crippen LogP contribution in [0.3, 0.4) is 0 Å². The molecule has 0 spiro atoms. The minimum Gasteiger partial charge on any atom is -0.297 e. The number of nitrogens with zero attached hydrogens (tertiary/aromatic N) is 1. The van der Waals surface area contributed by atoms with Gasteiger partial charge in [-0.2, -0.15) is 0 Å². The van der Waals surface area contributed by atoms with Crippen LogP contribution in [0.1, 0.15) is 44.1 Å². The van der Waals surface area contributed by atoms with Crippen molar-refractivity contribution < 1.29 is 0 Å². The lowest BCUT2D eigenvalue weighted by molar-refractivity contribution is 0.627. The summed E-state index contributed by atoms with van der Waals surface area (Å²) in [4.78, 5) is 26.1. The maximum absolute atomic E-state index is 12.1. The van der Waals surface area contributed by atoms with Gasteiger partial charge >= 0.3 is 5.69 Å². The van der Waals surface area contributed by atoms with Crippen LogP contribution in [0.25, 0.3) is 0 Å². The standard InChI is InChI=1S/C11H15ClN2O2/c1-2-14-10(15)8(7-5-3-4-6-7)9(12)13-11(14)16/h7H,2-6H2,1H3,(H,13,16). The van der Waals surface area contributed by atoms with Crippen molar-refractivity contribution in [2.24, 2.45) is 0 Å². The van der Waals surface area contributed by atoms with Gasteiger partial charge in [0.25, 0.3) is 5.56 Å². The van der Waals surface area contributed by atoms with Crippen LogP contribution in [0.15, 0.2) is 9.59 Å². The normalized spacial score (nSPS) is 16.9. The molecule has 0 bridgehead atoms. The predicted molar refractivity (Wildman–Crippen MR) is 63.2 cm³/mol. The molecule has 5 heteroatoms. The number of hydrogen-bond donors (Lipinski definition) is 1. The van der Waals surface area contributed by atoms with Crippen LogP contribution in [0.5, 0.6) is 0 Å². The molecule has 1 saturated carbocycles. The highest BCUT2D eigenvalue weighted by atomic mass is 35.5. The Morgan fingerprint density at radius 1 is 1.38 bits per heavy atom. The average molecular weight is 243 g/mol. The lowest BCUT2D eigenvalue weighted by atomic mass is 10.0. The minimum absolute atomic E-state index is 0.217.